The van der Waals surface area contributed by atoms with Crippen LogP contribution >= 0.6 is 0 Å². The van der Waals surface area contributed by atoms with Crippen LogP contribution in [-0.4, -0.2) is 11.1 Å². The molecule has 1 N–H and O–H groups in total. The first-order chi connectivity index (χ1) is 12.2. The Morgan fingerprint density at radius 1 is 0.840 bits per heavy atom. The topological polar surface area (TPSA) is 37.3 Å². The number of carboxylic acid groups (broad SMARTS) is 1. The molecule has 0 aliphatic heterocycles. The van der Waals surface area contributed by atoms with Crippen LogP contribution in [0.2, 0.25) is 0 Å². The zero-order valence-corrected chi connectivity index (χ0v) is 15.0. The summed E-state index contributed by atoms with van der Waals surface area (Å²) in [4.78, 5) is 11.8. The van der Waals surface area contributed by atoms with E-state index in [0.717, 1.165) is 24.3 Å². The molecular formula is C23H28O2. The van der Waals surface area contributed by atoms with Crippen LogP contribution in [0.4, 0.5) is 0 Å². The third kappa shape index (κ3) is 2.40. The van der Waals surface area contributed by atoms with Gasteiger partial charge in [-0.1, -0.05) is 29.7 Å². The Labute approximate surface area is 150 Å². The summed E-state index contributed by atoms with van der Waals surface area (Å²) in [6.45, 7) is 0. The van der Waals surface area contributed by atoms with Crippen LogP contribution in [0.25, 0.3) is 0 Å². The van der Waals surface area contributed by atoms with Gasteiger partial charge in [-0.3, -0.25) is 0 Å². The lowest BCUT2D eigenvalue weighted by molar-refractivity contribution is -0.133. The predicted molar refractivity (Wildman–Crippen MR) is 99.1 cm³/mol. The van der Waals surface area contributed by atoms with Crippen molar-refractivity contribution in [2.24, 2.45) is 17.8 Å². The summed E-state index contributed by atoms with van der Waals surface area (Å²) in [6.07, 6.45) is 18.1. The predicted octanol–water partition coefficient (Wildman–Crippen LogP) is 5.72. The van der Waals surface area contributed by atoms with Crippen molar-refractivity contribution >= 4 is 5.97 Å². The molecule has 2 heteroatoms. The standard InChI is InChI=1S/C23H28O2/c24-23(25)21-7-3-5-15-9-11-19-18-10-8-14-4-1-2-6-16(14)17(18)12-13-20(19)22(15)21/h12-15,18H,1-11H2,(H,24,25). The summed E-state index contributed by atoms with van der Waals surface area (Å²) < 4.78 is 0. The Bertz CT molecular complexity index is 746. The summed E-state index contributed by atoms with van der Waals surface area (Å²) in [5, 5.41) is 9.74. The second kappa shape index (κ2) is 6.00. The second-order valence-electron chi connectivity index (χ2n) is 8.65. The van der Waals surface area contributed by atoms with Crippen molar-refractivity contribution in [1.29, 1.82) is 0 Å². The molecule has 3 unspecified atom stereocenters. The van der Waals surface area contributed by atoms with Crippen molar-refractivity contribution in [2.45, 2.75) is 70.6 Å². The van der Waals surface area contributed by atoms with E-state index in [1.54, 1.807) is 16.7 Å². The number of carboxylic acids is 1. The highest BCUT2D eigenvalue weighted by Crippen LogP contribution is 2.53. The zero-order chi connectivity index (χ0) is 17.0. The molecule has 0 radical (unpaired) electrons. The van der Waals surface area contributed by atoms with E-state index in [1.165, 1.54) is 68.9 Å². The number of hydrogen-bond donors (Lipinski definition) is 1. The van der Waals surface area contributed by atoms with Crippen molar-refractivity contribution in [2.75, 3.05) is 0 Å². The fourth-order valence-electron chi connectivity index (χ4n) is 6.43. The van der Waals surface area contributed by atoms with E-state index < -0.39 is 5.97 Å². The fraction of sp³-hybridized carbons (Fsp3) is 0.609. The molecule has 0 heterocycles. The summed E-state index contributed by atoms with van der Waals surface area (Å²) in [7, 11) is 0. The Kier molecular flexibility index (Phi) is 3.76. The molecule has 3 atom stereocenters. The van der Waals surface area contributed by atoms with Gasteiger partial charge in [0.05, 0.1) is 0 Å². The van der Waals surface area contributed by atoms with Gasteiger partial charge in [0.15, 0.2) is 0 Å². The fourth-order valence-corrected chi connectivity index (χ4v) is 6.43. The van der Waals surface area contributed by atoms with Crippen molar-refractivity contribution in [1.82, 2.24) is 0 Å². The molecule has 5 aliphatic rings. The van der Waals surface area contributed by atoms with Crippen LogP contribution in [0.15, 0.2) is 45.6 Å². The maximum Gasteiger partial charge on any atom is 0.331 e. The maximum atomic E-state index is 11.8. The van der Waals surface area contributed by atoms with Gasteiger partial charge in [-0.25, -0.2) is 4.79 Å². The molecule has 132 valence electrons. The van der Waals surface area contributed by atoms with Crippen LogP contribution in [0, 0.1) is 17.8 Å². The Balaban J connectivity index is 1.62. The number of hydrogen-bond acceptors (Lipinski definition) is 1. The average molecular weight is 336 g/mol. The molecule has 0 aromatic rings. The molecule has 0 aromatic carbocycles. The SMILES string of the molecule is O=C(O)C1=C2C3=C(CCC2CCC1)C1CCC2CCCCC2=C1C=C3. The van der Waals surface area contributed by atoms with Crippen molar-refractivity contribution in [3.8, 4) is 0 Å². The van der Waals surface area contributed by atoms with Gasteiger partial charge in [0.1, 0.15) is 0 Å². The van der Waals surface area contributed by atoms with Gasteiger partial charge in [0.25, 0.3) is 0 Å². The van der Waals surface area contributed by atoms with Gasteiger partial charge in [-0.05, 0) is 92.8 Å². The molecule has 0 amide bonds. The third-order valence-electron chi connectivity index (χ3n) is 7.51. The lowest BCUT2D eigenvalue weighted by Gasteiger charge is -2.43. The van der Waals surface area contributed by atoms with E-state index in [1.807, 2.05) is 0 Å². The van der Waals surface area contributed by atoms with Crippen LogP contribution in [0.3, 0.4) is 0 Å². The molecule has 5 rings (SSSR count). The summed E-state index contributed by atoms with van der Waals surface area (Å²) in [5.74, 6) is 1.24. The van der Waals surface area contributed by atoms with Gasteiger partial charge >= 0.3 is 5.97 Å². The van der Waals surface area contributed by atoms with E-state index in [0.29, 0.717) is 11.8 Å². The van der Waals surface area contributed by atoms with E-state index in [9.17, 15) is 9.90 Å². The molecule has 5 aliphatic carbocycles. The molecule has 25 heavy (non-hydrogen) atoms. The number of allylic oxidation sites excluding steroid dienone is 7. The van der Waals surface area contributed by atoms with Crippen LogP contribution in [0.1, 0.15) is 70.6 Å². The minimum absolute atomic E-state index is 0.489. The molecule has 1 saturated carbocycles. The van der Waals surface area contributed by atoms with Crippen molar-refractivity contribution in [3.63, 3.8) is 0 Å². The van der Waals surface area contributed by atoms with Crippen LogP contribution in [0.5, 0.6) is 0 Å². The molecular weight excluding hydrogens is 308 g/mol. The van der Waals surface area contributed by atoms with E-state index >= 15 is 0 Å². The highest BCUT2D eigenvalue weighted by molar-refractivity contribution is 5.89. The second-order valence-corrected chi connectivity index (χ2v) is 8.65. The highest BCUT2D eigenvalue weighted by Gasteiger charge is 2.39. The summed E-state index contributed by atoms with van der Waals surface area (Å²) >= 11 is 0. The summed E-state index contributed by atoms with van der Waals surface area (Å²) in [5.41, 5.74) is 8.23. The lowest BCUT2D eigenvalue weighted by Crippen LogP contribution is -2.29. The van der Waals surface area contributed by atoms with E-state index in [2.05, 4.69) is 12.2 Å². The molecule has 0 saturated heterocycles. The van der Waals surface area contributed by atoms with Gasteiger partial charge in [-0.15, -0.1) is 0 Å². The van der Waals surface area contributed by atoms with Gasteiger partial charge in [-0.2, -0.15) is 0 Å². The third-order valence-corrected chi connectivity index (χ3v) is 7.51. The summed E-state index contributed by atoms with van der Waals surface area (Å²) in [6, 6.07) is 0. The first kappa shape index (κ1) is 15.7. The lowest BCUT2D eigenvalue weighted by atomic mass is 9.62. The largest absolute Gasteiger partial charge is 0.478 e. The Morgan fingerprint density at radius 3 is 2.60 bits per heavy atom. The molecule has 1 fully saturated rings. The molecule has 0 spiro atoms. The monoisotopic (exact) mass is 336 g/mol. The Morgan fingerprint density at radius 2 is 1.72 bits per heavy atom. The maximum absolute atomic E-state index is 11.8. The zero-order valence-electron chi connectivity index (χ0n) is 15.0. The van der Waals surface area contributed by atoms with E-state index in [4.69, 9.17) is 0 Å². The smallest absolute Gasteiger partial charge is 0.331 e. The number of carbonyl (C=O) groups is 1. The quantitative estimate of drug-likeness (QED) is 0.664. The minimum atomic E-state index is -0.679. The van der Waals surface area contributed by atoms with Crippen LogP contribution in [-0.2, 0) is 4.79 Å². The van der Waals surface area contributed by atoms with Crippen molar-refractivity contribution < 1.29 is 9.90 Å². The highest BCUT2D eigenvalue weighted by atomic mass is 16.4. The van der Waals surface area contributed by atoms with Gasteiger partial charge in [0, 0.05) is 11.5 Å². The molecule has 0 bridgehead atoms. The first-order valence-electron chi connectivity index (χ1n) is 10.3. The number of rotatable bonds is 1. The first-order valence-corrected chi connectivity index (χ1v) is 10.3. The van der Waals surface area contributed by atoms with Crippen LogP contribution < -0.4 is 0 Å². The molecule has 0 aromatic heterocycles. The number of aliphatic carboxylic acids is 1. The van der Waals surface area contributed by atoms with Crippen molar-refractivity contribution in [3.05, 3.63) is 45.6 Å². The normalized spacial score (nSPS) is 34.3. The van der Waals surface area contributed by atoms with Gasteiger partial charge < -0.3 is 5.11 Å². The molecule has 2 nitrogen and oxygen atoms in total. The minimum Gasteiger partial charge on any atom is -0.478 e. The number of fused-ring (bicyclic) bond motifs is 5. The van der Waals surface area contributed by atoms with E-state index in [-0.39, 0.29) is 0 Å². The Hall–Kier alpha value is -1.57. The average Bonchev–Trinajstić information content (AvgIpc) is 2.66. The van der Waals surface area contributed by atoms with Gasteiger partial charge in [0.2, 0.25) is 0 Å².